The maximum atomic E-state index is 12.8. The van der Waals surface area contributed by atoms with Gasteiger partial charge in [-0.15, -0.1) is 0 Å². The minimum Gasteiger partial charge on any atom is -0.481 e. The zero-order valence-electron chi connectivity index (χ0n) is 15.5. The second-order valence-corrected chi connectivity index (χ2v) is 7.81. The fourth-order valence-corrected chi connectivity index (χ4v) is 3.67. The highest BCUT2D eigenvalue weighted by Crippen LogP contribution is 2.33. The van der Waals surface area contributed by atoms with Gasteiger partial charge in [-0.3, -0.25) is 9.59 Å². The number of fused-ring (bicyclic) bond motifs is 1. The number of benzene rings is 2. The van der Waals surface area contributed by atoms with Crippen molar-refractivity contribution in [3.8, 4) is 0 Å². The summed E-state index contributed by atoms with van der Waals surface area (Å²) >= 11 is 3.43. The molecule has 3 aromatic rings. The van der Waals surface area contributed by atoms with E-state index in [1.54, 1.807) is 0 Å². The average Bonchev–Trinajstić information content (AvgIpc) is 3.32. The van der Waals surface area contributed by atoms with Crippen LogP contribution in [0.15, 0.2) is 58.1 Å². The number of rotatable bonds is 6. The molecule has 1 atom stereocenters. The summed E-state index contributed by atoms with van der Waals surface area (Å²) in [5.74, 6) is -0.440. The fourth-order valence-electron chi connectivity index (χ4n) is 3.41. The van der Waals surface area contributed by atoms with Gasteiger partial charge in [0.25, 0.3) is 0 Å². The number of H-pyrrole nitrogens is 1. The quantitative estimate of drug-likeness (QED) is 0.581. The van der Waals surface area contributed by atoms with Gasteiger partial charge in [0, 0.05) is 23.7 Å². The maximum Gasteiger partial charge on any atom is 0.303 e. The highest BCUT2D eigenvalue weighted by molar-refractivity contribution is 9.10. The summed E-state index contributed by atoms with van der Waals surface area (Å²) in [7, 11) is 0. The van der Waals surface area contributed by atoms with E-state index in [0.717, 1.165) is 26.8 Å². The topological polar surface area (TPSA) is 98.7 Å². The maximum absolute atomic E-state index is 12.8. The summed E-state index contributed by atoms with van der Waals surface area (Å²) in [6.07, 6.45) is 0.894. The Balaban J connectivity index is 1.63. The van der Waals surface area contributed by atoms with Crippen molar-refractivity contribution in [2.45, 2.75) is 31.7 Å². The molecule has 1 aliphatic heterocycles. The van der Waals surface area contributed by atoms with E-state index in [9.17, 15) is 9.59 Å². The van der Waals surface area contributed by atoms with Crippen LogP contribution >= 0.6 is 15.9 Å². The van der Waals surface area contributed by atoms with Crippen molar-refractivity contribution in [1.29, 1.82) is 0 Å². The molecule has 0 aliphatic carbocycles. The number of aromatic nitrogens is 2. The van der Waals surface area contributed by atoms with Gasteiger partial charge in [0.05, 0.1) is 16.7 Å². The van der Waals surface area contributed by atoms with Gasteiger partial charge in [-0.25, -0.2) is 9.99 Å². The first-order valence-electron chi connectivity index (χ1n) is 9.33. The number of para-hydroxylation sites is 2. The Bertz CT molecular complexity index is 1060. The molecule has 29 heavy (non-hydrogen) atoms. The molecule has 2 aromatic carbocycles. The Hall–Kier alpha value is -3.00. The molecule has 0 spiro atoms. The van der Waals surface area contributed by atoms with Crippen LogP contribution in [0.2, 0.25) is 0 Å². The largest absolute Gasteiger partial charge is 0.481 e. The predicted octanol–water partition coefficient (Wildman–Crippen LogP) is 4.26. The fraction of sp³-hybridized carbons (Fsp3) is 0.238. The molecule has 2 N–H and O–H groups in total. The molecular formula is C21H19BrN4O3. The molecular weight excluding hydrogens is 436 g/mol. The number of halogens is 1. The van der Waals surface area contributed by atoms with Crippen molar-refractivity contribution in [2.24, 2.45) is 5.10 Å². The van der Waals surface area contributed by atoms with Gasteiger partial charge in [-0.2, -0.15) is 5.10 Å². The molecule has 8 heteroatoms. The molecule has 148 valence electrons. The van der Waals surface area contributed by atoms with Crippen LogP contribution in [0.1, 0.15) is 43.1 Å². The van der Waals surface area contributed by atoms with Gasteiger partial charge >= 0.3 is 5.97 Å². The summed E-state index contributed by atoms with van der Waals surface area (Å²) in [6.45, 7) is 0. The van der Waals surface area contributed by atoms with Crippen LogP contribution in [0.25, 0.3) is 11.0 Å². The smallest absolute Gasteiger partial charge is 0.303 e. The van der Waals surface area contributed by atoms with E-state index in [-0.39, 0.29) is 31.2 Å². The van der Waals surface area contributed by atoms with Crippen LogP contribution in [-0.4, -0.2) is 37.7 Å². The van der Waals surface area contributed by atoms with Crippen molar-refractivity contribution in [3.63, 3.8) is 0 Å². The van der Waals surface area contributed by atoms with Gasteiger partial charge in [-0.05, 0) is 36.2 Å². The first-order valence-corrected chi connectivity index (χ1v) is 10.1. The molecule has 0 fully saturated rings. The van der Waals surface area contributed by atoms with E-state index in [1.165, 1.54) is 5.01 Å². The van der Waals surface area contributed by atoms with Crippen LogP contribution in [0.3, 0.4) is 0 Å². The first-order chi connectivity index (χ1) is 14.0. The average molecular weight is 455 g/mol. The molecule has 7 nitrogen and oxygen atoms in total. The Morgan fingerprint density at radius 3 is 2.62 bits per heavy atom. The van der Waals surface area contributed by atoms with Crippen molar-refractivity contribution in [1.82, 2.24) is 15.0 Å². The number of carboxylic acids is 1. The van der Waals surface area contributed by atoms with Crippen molar-refractivity contribution in [3.05, 3.63) is 64.4 Å². The monoisotopic (exact) mass is 454 g/mol. The molecule has 1 amide bonds. The van der Waals surface area contributed by atoms with Crippen molar-refractivity contribution in [2.75, 3.05) is 0 Å². The second kappa shape index (κ2) is 8.16. The SMILES string of the molecule is O=C(O)CCCC(=O)N1N=C(c2ccc(Br)cc2)CC1c1nc2ccccc2[nH]1. The molecule has 2 heterocycles. The van der Waals surface area contributed by atoms with E-state index in [0.29, 0.717) is 12.2 Å². The van der Waals surface area contributed by atoms with E-state index < -0.39 is 5.97 Å². The Morgan fingerprint density at radius 1 is 1.14 bits per heavy atom. The van der Waals surface area contributed by atoms with Crippen LogP contribution < -0.4 is 0 Å². The third kappa shape index (κ3) is 4.22. The van der Waals surface area contributed by atoms with Gasteiger partial charge < -0.3 is 10.1 Å². The van der Waals surface area contributed by atoms with E-state index in [1.807, 2.05) is 48.5 Å². The summed E-state index contributed by atoms with van der Waals surface area (Å²) in [6, 6.07) is 15.1. The van der Waals surface area contributed by atoms with Gasteiger partial charge in [0.2, 0.25) is 5.91 Å². The van der Waals surface area contributed by atoms with Crippen molar-refractivity contribution >= 4 is 44.6 Å². The van der Waals surface area contributed by atoms with E-state index >= 15 is 0 Å². The molecule has 0 bridgehead atoms. The lowest BCUT2D eigenvalue weighted by molar-refractivity contribution is -0.137. The molecule has 1 aromatic heterocycles. The third-order valence-corrected chi connectivity index (χ3v) is 5.38. The molecule has 1 unspecified atom stereocenters. The number of carbonyl (C=O) groups is 2. The lowest BCUT2D eigenvalue weighted by Gasteiger charge is -2.19. The molecule has 0 saturated carbocycles. The number of hydrogen-bond acceptors (Lipinski definition) is 4. The lowest BCUT2D eigenvalue weighted by Crippen LogP contribution is -2.27. The van der Waals surface area contributed by atoms with Crippen LogP contribution in [-0.2, 0) is 9.59 Å². The number of aliphatic carboxylic acids is 1. The Labute approximate surface area is 175 Å². The highest BCUT2D eigenvalue weighted by atomic mass is 79.9. The number of hydrazone groups is 1. The van der Waals surface area contributed by atoms with Gasteiger partial charge in [0.15, 0.2) is 0 Å². The molecule has 0 radical (unpaired) electrons. The molecule has 1 aliphatic rings. The van der Waals surface area contributed by atoms with Gasteiger partial charge in [0.1, 0.15) is 11.9 Å². The Kier molecular flexibility index (Phi) is 5.44. The van der Waals surface area contributed by atoms with Crippen LogP contribution in [0, 0.1) is 0 Å². The highest BCUT2D eigenvalue weighted by Gasteiger charge is 2.34. The number of imidazole rings is 1. The van der Waals surface area contributed by atoms with E-state index in [4.69, 9.17) is 5.11 Å². The Morgan fingerprint density at radius 2 is 1.90 bits per heavy atom. The van der Waals surface area contributed by atoms with Crippen LogP contribution in [0.5, 0.6) is 0 Å². The number of carboxylic acid groups (broad SMARTS) is 1. The number of nitrogens with one attached hydrogen (secondary N) is 1. The number of hydrogen-bond donors (Lipinski definition) is 2. The zero-order chi connectivity index (χ0) is 20.4. The zero-order valence-corrected chi connectivity index (χ0v) is 17.1. The predicted molar refractivity (Wildman–Crippen MR) is 112 cm³/mol. The molecule has 0 saturated heterocycles. The number of nitrogens with zero attached hydrogens (tertiary/aromatic N) is 3. The molecule has 4 rings (SSSR count). The lowest BCUT2D eigenvalue weighted by atomic mass is 10.0. The number of amides is 1. The van der Waals surface area contributed by atoms with E-state index in [2.05, 4.69) is 31.0 Å². The number of aromatic amines is 1. The minimum absolute atomic E-state index is 0.0435. The number of carbonyl (C=O) groups excluding carboxylic acids is 1. The first kappa shape index (κ1) is 19.3. The normalized spacial score (nSPS) is 16.2. The summed E-state index contributed by atoms with van der Waals surface area (Å²) < 4.78 is 0.968. The summed E-state index contributed by atoms with van der Waals surface area (Å²) in [5, 5.41) is 14.9. The second-order valence-electron chi connectivity index (χ2n) is 6.90. The minimum atomic E-state index is -0.910. The summed E-state index contributed by atoms with van der Waals surface area (Å²) in [5.41, 5.74) is 3.47. The van der Waals surface area contributed by atoms with Crippen LogP contribution in [0.4, 0.5) is 0 Å². The summed E-state index contributed by atoms with van der Waals surface area (Å²) in [4.78, 5) is 31.6. The van der Waals surface area contributed by atoms with Gasteiger partial charge in [-0.1, -0.05) is 40.2 Å². The third-order valence-electron chi connectivity index (χ3n) is 4.85. The standard InChI is InChI=1S/C21H19BrN4O3/c22-14-10-8-13(9-11-14)17-12-18(21-23-15-4-1-2-5-16(15)24-21)26(25-17)19(27)6-3-7-20(28)29/h1-2,4-5,8-11,18H,3,6-7,12H2,(H,23,24)(H,28,29). The van der Waals surface area contributed by atoms with Crippen molar-refractivity contribution < 1.29 is 14.7 Å².